The minimum absolute atomic E-state index is 0.167. The van der Waals surface area contributed by atoms with Crippen LogP contribution in [0.5, 0.6) is 0 Å². The van der Waals surface area contributed by atoms with Gasteiger partial charge in [-0.15, -0.1) is 22.5 Å². The number of nitrogens with zero attached hydrogens (tertiary/aromatic N) is 5. The molecule has 1 amide bonds. The highest BCUT2D eigenvalue weighted by molar-refractivity contribution is 5.91. The molecule has 4 rings (SSSR count). The second-order valence-electron chi connectivity index (χ2n) is 7.53. The predicted octanol–water partition coefficient (Wildman–Crippen LogP) is 4.10. The fourth-order valence-corrected chi connectivity index (χ4v) is 3.66. The first-order valence-electron chi connectivity index (χ1n) is 10.00. The number of nitrogens with one attached hydrogen (secondary N) is 1. The lowest BCUT2D eigenvalue weighted by atomic mass is 10.0. The minimum Gasteiger partial charge on any atom is -0.326 e. The van der Waals surface area contributed by atoms with Crippen LogP contribution in [0, 0.1) is 18.2 Å². The van der Waals surface area contributed by atoms with Crippen molar-refractivity contribution in [3.63, 3.8) is 0 Å². The summed E-state index contributed by atoms with van der Waals surface area (Å²) < 4.78 is 16.5. The Bertz CT molecular complexity index is 984. The van der Waals surface area contributed by atoms with Crippen LogP contribution in [0.15, 0.2) is 28.4 Å². The molecule has 29 heavy (non-hydrogen) atoms. The van der Waals surface area contributed by atoms with E-state index in [1.807, 2.05) is 4.57 Å². The largest absolute Gasteiger partial charge is 0.326 e. The highest BCUT2D eigenvalue weighted by Gasteiger charge is 2.39. The Balaban J connectivity index is 1.45. The Hall–Kier alpha value is -3.08. The highest BCUT2D eigenvalue weighted by Crippen LogP contribution is 2.37. The van der Waals surface area contributed by atoms with E-state index in [0.717, 1.165) is 38.1 Å². The molecule has 7 nitrogen and oxygen atoms in total. The van der Waals surface area contributed by atoms with Gasteiger partial charge in [0.1, 0.15) is 11.6 Å². The lowest BCUT2D eigenvalue weighted by molar-refractivity contribution is -0.116. The number of fused-ring (bicyclic) bond motifs is 1. The van der Waals surface area contributed by atoms with Crippen LogP contribution in [0.1, 0.15) is 50.8 Å². The summed E-state index contributed by atoms with van der Waals surface area (Å²) in [6, 6.07) is 4.52. The van der Waals surface area contributed by atoms with Crippen molar-refractivity contribution in [1.29, 1.82) is 0 Å². The van der Waals surface area contributed by atoms with E-state index in [-0.39, 0.29) is 18.1 Å². The van der Waals surface area contributed by atoms with Gasteiger partial charge in [0, 0.05) is 44.3 Å². The molecule has 0 saturated carbocycles. The molecular weight excluding hydrogens is 371 g/mol. The topological polar surface area (TPSA) is 84.5 Å². The monoisotopic (exact) mass is 394 g/mol. The van der Waals surface area contributed by atoms with Gasteiger partial charge in [-0.3, -0.25) is 4.79 Å². The average molecular weight is 394 g/mol. The Morgan fingerprint density at radius 2 is 2.10 bits per heavy atom. The molecule has 0 aliphatic carbocycles. The predicted molar refractivity (Wildman–Crippen MR) is 106 cm³/mol. The van der Waals surface area contributed by atoms with Gasteiger partial charge < -0.3 is 9.88 Å². The van der Waals surface area contributed by atoms with Crippen LogP contribution in [-0.4, -0.2) is 26.3 Å². The van der Waals surface area contributed by atoms with Crippen LogP contribution in [0.25, 0.3) is 11.4 Å². The van der Waals surface area contributed by atoms with Gasteiger partial charge in [0.15, 0.2) is 11.5 Å². The molecule has 3 heterocycles. The van der Waals surface area contributed by atoms with Crippen molar-refractivity contribution in [2.45, 2.75) is 63.6 Å². The van der Waals surface area contributed by atoms with Crippen LogP contribution in [0.3, 0.4) is 0 Å². The minimum atomic E-state index is -0.489. The van der Waals surface area contributed by atoms with Crippen molar-refractivity contribution >= 4 is 11.6 Å². The van der Waals surface area contributed by atoms with Crippen molar-refractivity contribution < 1.29 is 9.18 Å². The Morgan fingerprint density at radius 1 is 1.24 bits per heavy atom. The lowest BCUT2D eigenvalue weighted by Gasteiger charge is -2.11. The maximum absolute atomic E-state index is 14.5. The van der Waals surface area contributed by atoms with Gasteiger partial charge >= 0.3 is 0 Å². The number of terminal acetylenes is 1. The number of aromatic nitrogens is 3. The number of anilines is 1. The van der Waals surface area contributed by atoms with Gasteiger partial charge in [0.25, 0.3) is 0 Å². The van der Waals surface area contributed by atoms with Gasteiger partial charge in [0.05, 0.1) is 5.56 Å². The fraction of sp³-hybridized carbons (Fsp3) is 0.476. The third-order valence-electron chi connectivity index (χ3n) is 5.41. The van der Waals surface area contributed by atoms with E-state index in [2.05, 4.69) is 31.7 Å². The third kappa shape index (κ3) is 4.34. The Kier molecular flexibility index (Phi) is 5.38. The Labute approximate surface area is 168 Å². The number of benzene rings is 1. The van der Waals surface area contributed by atoms with Crippen LogP contribution in [0.4, 0.5) is 10.1 Å². The molecule has 2 aromatic rings. The SMILES string of the molecule is C#CCCC1(CCC(=O)Nc2ccc(F)c(-c3nnc4n3CCCCC4)c2)N=N1. The molecule has 150 valence electrons. The molecule has 1 N–H and O–H groups in total. The molecule has 0 unspecified atom stereocenters. The maximum Gasteiger partial charge on any atom is 0.224 e. The summed E-state index contributed by atoms with van der Waals surface area (Å²) in [6.07, 6.45) is 11.4. The van der Waals surface area contributed by atoms with Gasteiger partial charge in [-0.25, -0.2) is 4.39 Å². The lowest BCUT2D eigenvalue weighted by Crippen LogP contribution is -2.17. The zero-order valence-electron chi connectivity index (χ0n) is 16.2. The molecule has 0 spiro atoms. The van der Waals surface area contributed by atoms with Gasteiger partial charge in [-0.2, -0.15) is 10.2 Å². The molecule has 0 bridgehead atoms. The van der Waals surface area contributed by atoms with E-state index in [1.54, 1.807) is 12.1 Å². The smallest absolute Gasteiger partial charge is 0.224 e. The molecular formula is C21H23FN6O. The number of carbonyl (C=O) groups is 1. The molecule has 0 fully saturated rings. The van der Waals surface area contributed by atoms with Gasteiger partial charge in [-0.05, 0) is 31.0 Å². The summed E-state index contributed by atoms with van der Waals surface area (Å²) in [7, 11) is 0. The highest BCUT2D eigenvalue weighted by atomic mass is 19.1. The summed E-state index contributed by atoms with van der Waals surface area (Å²) in [5, 5.41) is 19.4. The van der Waals surface area contributed by atoms with E-state index >= 15 is 0 Å². The fourth-order valence-electron chi connectivity index (χ4n) is 3.66. The van der Waals surface area contributed by atoms with E-state index in [4.69, 9.17) is 6.42 Å². The maximum atomic E-state index is 14.5. The first-order valence-corrected chi connectivity index (χ1v) is 10.00. The van der Waals surface area contributed by atoms with E-state index in [1.165, 1.54) is 6.07 Å². The molecule has 0 saturated heterocycles. The second kappa shape index (κ2) is 8.11. The number of amides is 1. The zero-order chi connectivity index (χ0) is 20.3. The number of carbonyl (C=O) groups excluding carboxylic acids is 1. The molecule has 8 heteroatoms. The zero-order valence-corrected chi connectivity index (χ0v) is 16.2. The normalized spacial score (nSPS) is 16.6. The molecule has 1 aromatic carbocycles. The number of hydrogen-bond donors (Lipinski definition) is 1. The summed E-state index contributed by atoms with van der Waals surface area (Å²) >= 11 is 0. The van der Waals surface area contributed by atoms with Crippen molar-refractivity contribution in [3.05, 3.63) is 29.8 Å². The van der Waals surface area contributed by atoms with Gasteiger partial charge in [-0.1, -0.05) is 6.42 Å². The number of rotatable bonds is 7. The Morgan fingerprint density at radius 3 is 2.90 bits per heavy atom. The summed E-state index contributed by atoms with van der Waals surface area (Å²) in [4.78, 5) is 12.4. The second-order valence-corrected chi connectivity index (χ2v) is 7.53. The van der Waals surface area contributed by atoms with E-state index < -0.39 is 5.66 Å². The van der Waals surface area contributed by atoms with Gasteiger partial charge in [0.2, 0.25) is 5.91 Å². The number of hydrogen-bond acceptors (Lipinski definition) is 5. The van der Waals surface area contributed by atoms with Crippen LogP contribution in [0.2, 0.25) is 0 Å². The number of aryl methyl sites for hydroxylation is 1. The molecule has 0 radical (unpaired) electrons. The van der Waals surface area contributed by atoms with Crippen LogP contribution in [-0.2, 0) is 17.8 Å². The quantitative estimate of drug-likeness (QED) is 0.718. The molecule has 2 aliphatic heterocycles. The van der Waals surface area contributed by atoms with E-state index in [9.17, 15) is 9.18 Å². The molecule has 1 aromatic heterocycles. The summed E-state index contributed by atoms with van der Waals surface area (Å²) in [5.74, 6) is 3.43. The van der Waals surface area contributed by atoms with Crippen LogP contribution >= 0.6 is 0 Å². The number of halogens is 1. The summed E-state index contributed by atoms with van der Waals surface area (Å²) in [5.41, 5.74) is 0.386. The van der Waals surface area contributed by atoms with Crippen LogP contribution < -0.4 is 5.32 Å². The van der Waals surface area contributed by atoms with Crippen molar-refractivity contribution in [1.82, 2.24) is 14.8 Å². The van der Waals surface area contributed by atoms with Crippen molar-refractivity contribution in [2.75, 3.05) is 5.32 Å². The van der Waals surface area contributed by atoms with Crippen molar-refractivity contribution in [2.24, 2.45) is 10.2 Å². The summed E-state index contributed by atoms with van der Waals surface area (Å²) in [6.45, 7) is 0.778. The first-order chi connectivity index (χ1) is 14.1. The third-order valence-corrected chi connectivity index (χ3v) is 5.41. The van der Waals surface area contributed by atoms with Crippen molar-refractivity contribution in [3.8, 4) is 23.7 Å². The average Bonchev–Trinajstić information content (AvgIpc) is 3.45. The van der Waals surface area contributed by atoms with E-state index in [0.29, 0.717) is 36.3 Å². The first kappa shape index (κ1) is 19.2. The molecule has 0 atom stereocenters. The molecule has 2 aliphatic rings. The standard InChI is InChI=1S/C21H23FN6O/c1-2-3-11-21(26-27-21)12-10-19(29)23-15-8-9-17(22)16(14-15)20-25-24-18-7-5-4-6-13-28(18)20/h1,8-9,14H,3-7,10-13H2,(H,23,29).